The van der Waals surface area contributed by atoms with Gasteiger partial charge in [-0.25, -0.2) is 0 Å². The van der Waals surface area contributed by atoms with Crippen LogP contribution in [0.2, 0.25) is 0 Å². The molecule has 1 rings (SSSR count). The van der Waals surface area contributed by atoms with Crippen molar-refractivity contribution in [3.8, 4) is 0 Å². The smallest absolute Gasteiger partial charge is 0.163 e. The molecule has 3 nitrogen and oxygen atoms in total. The molecule has 0 saturated carbocycles. The number of nitrogens with zero attached hydrogens (tertiary/aromatic N) is 1. The monoisotopic (exact) mass is 201 g/mol. The molecule has 0 amide bonds. The molecule has 0 fully saturated rings. The van der Waals surface area contributed by atoms with E-state index in [1.165, 1.54) is 0 Å². The van der Waals surface area contributed by atoms with Crippen molar-refractivity contribution < 1.29 is 8.42 Å². The summed E-state index contributed by atoms with van der Waals surface area (Å²) >= 11 is 1.55. The highest BCUT2D eigenvalue weighted by Gasteiger charge is 1.91. The van der Waals surface area contributed by atoms with Gasteiger partial charge in [-0.3, -0.25) is 0 Å². The normalized spacial score (nSPS) is 9.42. The molecule has 1 aromatic rings. The Labute approximate surface area is 76.5 Å². The Morgan fingerprint density at radius 3 is 2.75 bits per heavy atom. The quantitative estimate of drug-likeness (QED) is 0.688. The van der Waals surface area contributed by atoms with Crippen LogP contribution < -0.4 is 0 Å². The fraction of sp³-hybridized carbons (Fsp3) is 0.143. The van der Waals surface area contributed by atoms with E-state index in [0.29, 0.717) is 5.69 Å². The topological polar surface area (TPSA) is 46.5 Å². The van der Waals surface area contributed by atoms with E-state index < -0.39 is 10.5 Å². The Morgan fingerprint density at radius 2 is 2.17 bits per heavy atom. The zero-order valence-electron chi connectivity index (χ0n) is 6.39. The minimum absolute atomic E-state index is 0.468. The lowest BCUT2D eigenvalue weighted by molar-refractivity contribution is 0.622. The van der Waals surface area contributed by atoms with E-state index in [1.807, 2.05) is 12.3 Å². The van der Waals surface area contributed by atoms with Gasteiger partial charge in [0.25, 0.3) is 0 Å². The average molecular weight is 201 g/mol. The molecule has 0 bridgehead atoms. The molecule has 0 aliphatic heterocycles. The summed E-state index contributed by atoms with van der Waals surface area (Å²) in [6.07, 6.45) is 1.92. The number of thioether (sulfide) groups is 1. The van der Waals surface area contributed by atoms with Crippen LogP contribution in [0.3, 0.4) is 0 Å². The first-order chi connectivity index (χ1) is 5.72. The van der Waals surface area contributed by atoms with Gasteiger partial charge in [-0.15, -0.1) is 16.1 Å². The van der Waals surface area contributed by atoms with E-state index in [4.69, 9.17) is 0 Å². The van der Waals surface area contributed by atoms with Crippen LogP contribution in [-0.4, -0.2) is 14.7 Å². The van der Waals surface area contributed by atoms with Gasteiger partial charge >= 0.3 is 10.5 Å². The van der Waals surface area contributed by atoms with Crippen molar-refractivity contribution in [3.63, 3.8) is 0 Å². The van der Waals surface area contributed by atoms with Crippen LogP contribution in [0.4, 0.5) is 5.69 Å². The van der Waals surface area contributed by atoms with Gasteiger partial charge in [0.1, 0.15) is 0 Å². The van der Waals surface area contributed by atoms with E-state index in [9.17, 15) is 8.42 Å². The molecule has 64 valence electrons. The van der Waals surface area contributed by atoms with Gasteiger partial charge in [-0.05, 0) is 24.5 Å². The summed E-state index contributed by atoms with van der Waals surface area (Å²) in [4.78, 5) is 1.00. The van der Waals surface area contributed by atoms with Crippen LogP contribution in [0, 0.1) is 0 Å². The predicted molar refractivity (Wildman–Crippen MR) is 49.2 cm³/mol. The van der Waals surface area contributed by atoms with Crippen LogP contribution in [0.1, 0.15) is 0 Å². The van der Waals surface area contributed by atoms with Crippen molar-refractivity contribution >= 4 is 27.9 Å². The van der Waals surface area contributed by atoms with Gasteiger partial charge in [0, 0.05) is 4.90 Å². The lowest BCUT2D eigenvalue weighted by Crippen LogP contribution is -1.68. The van der Waals surface area contributed by atoms with Crippen LogP contribution in [0.5, 0.6) is 0 Å². The molecule has 0 unspecified atom stereocenters. The van der Waals surface area contributed by atoms with E-state index >= 15 is 0 Å². The Kier molecular flexibility index (Phi) is 3.31. The molecule has 1 aromatic carbocycles. The minimum Gasteiger partial charge on any atom is -0.163 e. The fourth-order valence-electron chi connectivity index (χ4n) is 0.753. The van der Waals surface area contributed by atoms with E-state index in [-0.39, 0.29) is 0 Å². The summed E-state index contributed by atoms with van der Waals surface area (Å²) in [6, 6.07) is 7.05. The van der Waals surface area contributed by atoms with Crippen molar-refractivity contribution in [2.45, 2.75) is 4.90 Å². The van der Waals surface area contributed by atoms with Crippen LogP contribution in [0.25, 0.3) is 0 Å². The zero-order chi connectivity index (χ0) is 8.97. The Hall–Kier alpha value is -0.810. The molecular formula is C7H7NO2S2. The molecule has 0 aromatic heterocycles. The molecular weight excluding hydrogens is 194 g/mol. The summed E-state index contributed by atoms with van der Waals surface area (Å²) in [5, 5.41) is 0. The number of rotatable bonds is 2. The number of hydrogen-bond donors (Lipinski definition) is 0. The van der Waals surface area contributed by atoms with Crippen molar-refractivity contribution in [2.24, 2.45) is 4.36 Å². The second-order valence-corrected chi connectivity index (χ2v) is 3.51. The van der Waals surface area contributed by atoms with Crippen molar-refractivity contribution in [1.82, 2.24) is 0 Å². The van der Waals surface area contributed by atoms with Gasteiger partial charge in [0.2, 0.25) is 0 Å². The molecule has 0 heterocycles. The maximum Gasteiger partial charge on any atom is 0.316 e. The predicted octanol–water partition coefficient (Wildman–Crippen LogP) is 2.10. The van der Waals surface area contributed by atoms with Gasteiger partial charge in [0.05, 0.1) is 5.69 Å². The second kappa shape index (κ2) is 4.27. The largest absolute Gasteiger partial charge is 0.316 e. The summed E-state index contributed by atoms with van der Waals surface area (Å²) in [5.41, 5.74) is 0.468. The van der Waals surface area contributed by atoms with E-state index in [0.717, 1.165) is 4.90 Å². The first kappa shape index (κ1) is 9.28. The second-order valence-electron chi connectivity index (χ2n) is 2.01. The highest BCUT2D eigenvalue weighted by molar-refractivity contribution is 7.98. The van der Waals surface area contributed by atoms with Crippen LogP contribution in [-0.2, 0) is 10.5 Å². The average Bonchev–Trinajstić information content (AvgIpc) is 2.03. The molecule has 5 heteroatoms. The standard InChI is InChI=1S/C7H7NO2S2/c1-11-7-4-2-3-6(5-7)8-12(9)10/h2-5H,1H3. The highest BCUT2D eigenvalue weighted by Crippen LogP contribution is 2.20. The Bertz CT molecular complexity index is 390. The summed E-state index contributed by atoms with van der Waals surface area (Å²) in [7, 11) is -2.36. The third kappa shape index (κ3) is 2.67. The molecule has 0 saturated heterocycles. The maximum atomic E-state index is 10.2. The minimum atomic E-state index is -2.36. The molecule has 0 spiro atoms. The third-order valence-electron chi connectivity index (χ3n) is 1.23. The third-order valence-corrected chi connectivity index (χ3v) is 2.32. The molecule has 0 aliphatic rings. The SMILES string of the molecule is CSc1cccc(N=S(=O)=O)c1. The Morgan fingerprint density at radius 1 is 1.42 bits per heavy atom. The van der Waals surface area contributed by atoms with Crippen LogP contribution in [0.15, 0.2) is 33.5 Å². The summed E-state index contributed by atoms with van der Waals surface area (Å²) in [5.74, 6) is 0. The van der Waals surface area contributed by atoms with Gasteiger partial charge in [0.15, 0.2) is 0 Å². The summed E-state index contributed by atoms with van der Waals surface area (Å²) < 4.78 is 23.8. The first-order valence-electron chi connectivity index (χ1n) is 3.17. The molecule has 0 N–H and O–H groups in total. The zero-order valence-corrected chi connectivity index (χ0v) is 8.02. The van der Waals surface area contributed by atoms with Crippen LogP contribution >= 0.6 is 11.8 Å². The van der Waals surface area contributed by atoms with Gasteiger partial charge < -0.3 is 0 Å². The first-order valence-corrected chi connectivity index (χ1v) is 5.43. The number of benzene rings is 1. The summed E-state index contributed by atoms with van der Waals surface area (Å²) in [6.45, 7) is 0. The highest BCUT2D eigenvalue weighted by atomic mass is 32.2. The molecule has 0 radical (unpaired) electrons. The molecule has 12 heavy (non-hydrogen) atoms. The van der Waals surface area contributed by atoms with Crippen molar-refractivity contribution in [1.29, 1.82) is 0 Å². The van der Waals surface area contributed by atoms with Crippen molar-refractivity contribution in [2.75, 3.05) is 6.26 Å². The van der Waals surface area contributed by atoms with Gasteiger partial charge in [-0.2, -0.15) is 8.42 Å². The molecule has 0 aliphatic carbocycles. The maximum absolute atomic E-state index is 10.2. The fourth-order valence-corrected chi connectivity index (χ4v) is 1.49. The Balaban J connectivity index is 3.10. The van der Waals surface area contributed by atoms with Crippen molar-refractivity contribution in [3.05, 3.63) is 24.3 Å². The number of hydrogen-bond acceptors (Lipinski definition) is 4. The van der Waals surface area contributed by atoms with Gasteiger partial charge in [-0.1, -0.05) is 6.07 Å². The van der Waals surface area contributed by atoms with E-state index in [2.05, 4.69) is 4.36 Å². The lowest BCUT2D eigenvalue weighted by Gasteiger charge is -1.94. The molecule has 0 atom stereocenters. The van der Waals surface area contributed by atoms with E-state index in [1.54, 1.807) is 30.0 Å². The lowest BCUT2D eigenvalue weighted by atomic mass is 10.3.